The summed E-state index contributed by atoms with van der Waals surface area (Å²) in [5.41, 5.74) is 3.00. The molecule has 5 aromatic rings. The number of piperidine rings is 1. The maximum Gasteiger partial charge on any atom is 0.156 e. The molecule has 2 aromatic carbocycles. The van der Waals surface area contributed by atoms with Crippen LogP contribution in [0.2, 0.25) is 10.0 Å². The van der Waals surface area contributed by atoms with Gasteiger partial charge < -0.3 is 15.5 Å². The molecule has 0 spiro atoms. The van der Waals surface area contributed by atoms with Gasteiger partial charge in [0, 0.05) is 48.4 Å². The van der Waals surface area contributed by atoms with Crippen molar-refractivity contribution in [2.45, 2.75) is 31.8 Å². The van der Waals surface area contributed by atoms with E-state index < -0.39 is 11.9 Å². The van der Waals surface area contributed by atoms with Gasteiger partial charge in [-0.3, -0.25) is 4.98 Å². The van der Waals surface area contributed by atoms with Gasteiger partial charge in [0.1, 0.15) is 23.6 Å². The summed E-state index contributed by atoms with van der Waals surface area (Å²) in [6.45, 7) is 5.27. The number of pyridine rings is 1. The van der Waals surface area contributed by atoms with E-state index in [4.69, 9.17) is 23.2 Å². The van der Waals surface area contributed by atoms with Crippen molar-refractivity contribution in [3.05, 3.63) is 94.1 Å². The van der Waals surface area contributed by atoms with Crippen molar-refractivity contribution in [1.29, 1.82) is 5.26 Å². The van der Waals surface area contributed by atoms with E-state index in [1.807, 2.05) is 16.9 Å². The molecule has 4 heterocycles. The molecule has 6 rings (SSSR count). The lowest BCUT2D eigenvalue weighted by Crippen LogP contribution is -2.34. The predicted molar refractivity (Wildman–Crippen MR) is 164 cm³/mol. The lowest BCUT2D eigenvalue weighted by molar-refractivity contribution is 0.186. The summed E-state index contributed by atoms with van der Waals surface area (Å²) >= 11 is 12.7. The zero-order valence-corrected chi connectivity index (χ0v) is 24.7. The number of anilines is 3. The minimum Gasteiger partial charge on any atom is -0.370 e. The van der Waals surface area contributed by atoms with E-state index in [0.717, 1.165) is 32.5 Å². The molecule has 1 atom stereocenters. The normalized spacial score (nSPS) is 14.9. The van der Waals surface area contributed by atoms with Crippen molar-refractivity contribution in [2.75, 3.05) is 30.3 Å². The van der Waals surface area contributed by atoms with Gasteiger partial charge in [-0.1, -0.05) is 35.3 Å². The van der Waals surface area contributed by atoms with Crippen LogP contribution in [0.15, 0.2) is 61.2 Å². The predicted octanol–water partition coefficient (Wildman–Crippen LogP) is 6.54. The molecule has 1 aliphatic heterocycles. The van der Waals surface area contributed by atoms with Crippen LogP contribution in [0, 0.1) is 17.1 Å². The zero-order valence-electron chi connectivity index (χ0n) is 23.2. The van der Waals surface area contributed by atoms with Crippen molar-refractivity contribution in [1.82, 2.24) is 34.8 Å². The van der Waals surface area contributed by atoms with Crippen molar-refractivity contribution in [3.63, 3.8) is 0 Å². The number of rotatable bonds is 8. The molecule has 10 nitrogen and oxygen atoms in total. The van der Waals surface area contributed by atoms with Gasteiger partial charge in [0.15, 0.2) is 5.82 Å². The number of likely N-dealkylation sites (tertiary alicyclic amines) is 1. The van der Waals surface area contributed by atoms with E-state index in [9.17, 15) is 9.65 Å². The summed E-state index contributed by atoms with van der Waals surface area (Å²) < 4.78 is 15.7. The molecule has 13 heteroatoms. The lowest BCUT2D eigenvalue weighted by Gasteiger charge is -2.30. The SMILES string of the molecule is CCN1CCC(n2cc(C(Nc3cc(Cl)c4ncc(C#N)c(Nc5ccc(F)c(Cl)c5)c4c3)c3ncccn3)nn2)CC1. The average molecular weight is 618 g/mol. The Hall–Kier alpha value is -4.37. The van der Waals surface area contributed by atoms with Crippen molar-refractivity contribution in [3.8, 4) is 6.07 Å². The number of benzene rings is 2. The van der Waals surface area contributed by atoms with E-state index in [1.165, 1.54) is 24.4 Å². The second kappa shape index (κ2) is 12.5. The summed E-state index contributed by atoms with van der Waals surface area (Å²) in [6.07, 6.45) is 8.74. The molecule has 43 heavy (non-hydrogen) atoms. The highest BCUT2D eigenvalue weighted by Gasteiger charge is 2.25. The quantitative estimate of drug-likeness (QED) is 0.200. The average Bonchev–Trinajstić information content (AvgIpc) is 3.52. The summed E-state index contributed by atoms with van der Waals surface area (Å²) in [5.74, 6) is -0.0332. The number of hydrogen-bond acceptors (Lipinski definition) is 9. The molecule has 2 N–H and O–H groups in total. The molecule has 0 saturated carbocycles. The van der Waals surface area contributed by atoms with Crippen LogP contribution in [-0.2, 0) is 0 Å². The first-order valence-electron chi connectivity index (χ1n) is 13.9. The van der Waals surface area contributed by atoms with Crippen LogP contribution in [0.3, 0.4) is 0 Å². The maximum absolute atomic E-state index is 13.8. The number of fused-ring (bicyclic) bond motifs is 1. The van der Waals surface area contributed by atoms with Crippen LogP contribution >= 0.6 is 23.2 Å². The fraction of sp³-hybridized carbons (Fsp3) is 0.267. The largest absolute Gasteiger partial charge is 0.370 e. The van der Waals surface area contributed by atoms with Crippen molar-refractivity contribution >= 4 is 51.2 Å². The van der Waals surface area contributed by atoms with Crippen molar-refractivity contribution in [2.24, 2.45) is 0 Å². The van der Waals surface area contributed by atoms with E-state index >= 15 is 0 Å². The molecule has 0 aliphatic carbocycles. The Labute approximate surface area is 257 Å². The molecular formula is C30H27Cl2FN10. The highest BCUT2D eigenvalue weighted by atomic mass is 35.5. The topological polar surface area (TPSA) is 120 Å². The number of nitrogens with zero attached hydrogens (tertiary/aromatic N) is 8. The Balaban J connectivity index is 1.37. The summed E-state index contributed by atoms with van der Waals surface area (Å²) in [5, 5.41) is 26.4. The molecule has 0 bridgehead atoms. The molecule has 0 amide bonds. The van der Waals surface area contributed by atoms with Crippen LogP contribution in [-0.4, -0.2) is 54.5 Å². The van der Waals surface area contributed by atoms with Crippen LogP contribution in [0.1, 0.15) is 48.9 Å². The Morgan fingerprint density at radius 3 is 2.56 bits per heavy atom. The second-order valence-corrected chi connectivity index (χ2v) is 11.1. The number of nitriles is 1. The van der Waals surface area contributed by atoms with Gasteiger partial charge in [0.05, 0.1) is 39.1 Å². The molecule has 1 unspecified atom stereocenters. The van der Waals surface area contributed by atoms with Crippen LogP contribution in [0.25, 0.3) is 10.9 Å². The standard InChI is InChI=1S/C30H27Cl2FN10/c1-2-42-10-6-21(7-11-42)43-17-26(40-41-43)29(30-35-8-3-9-36-30)39-20-12-22-27(38-19-4-5-25(33)23(31)13-19)18(15-34)16-37-28(22)24(32)14-20/h3-5,8-9,12-14,16-17,21,29,39H,2,6-7,10-11H2,1H3,(H,37,38). The molecule has 1 fully saturated rings. The zero-order chi connectivity index (χ0) is 29.9. The molecule has 218 valence electrons. The fourth-order valence-corrected chi connectivity index (χ4v) is 5.73. The maximum atomic E-state index is 13.8. The van der Waals surface area contributed by atoms with Gasteiger partial charge in [0.25, 0.3) is 0 Å². The van der Waals surface area contributed by atoms with E-state index in [0.29, 0.717) is 44.5 Å². The first-order chi connectivity index (χ1) is 20.9. The summed E-state index contributed by atoms with van der Waals surface area (Å²) in [6, 6.07) is 11.5. The highest BCUT2D eigenvalue weighted by Crippen LogP contribution is 2.37. The molecule has 1 saturated heterocycles. The van der Waals surface area contributed by atoms with Gasteiger partial charge in [0.2, 0.25) is 0 Å². The molecular weight excluding hydrogens is 590 g/mol. The number of nitrogens with one attached hydrogen (secondary N) is 2. The Kier molecular flexibility index (Phi) is 8.33. The van der Waals surface area contributed by atoms with Crippen LogP contribution < -0.4 is 10.6 Å². The molecule has 1 aliphatic rings. The third-order valence-electron chi connectivity index (χ3n) is 7.59. The highest BCUT2D eigenvalue weighted by molar-refractivity contribution is 6.36. The van der Waals surface area contributed by atoms with E-state index in [-0.39, 0.29) is 16.6 Å². The lowest BCUT2D eigenvalue weighted by atomic mass is 10.1. The van der Waals surface area contributed by atoms with E-state index in [2.05, 4.69) is 53.8 Å². The Morgan fingerprint density at radius 1 is 1.07 bits per heavy atom. The van der Waals surface area contributed by atoms with Gasteiger partial charge in [-0.2, -0.15) is 5.26 Å². The minimum absolute atomic E-state index is 0.0445. The second-order valence-electron chi connectivity index (χ2n) is 10.2. The van der Waals surface area contributed by atoms with Crippen molar-refractivity contribution < 1.29 is 4.39 Å². The fourth-order valence-electron chi connectivity index (χ4n) is 5.28. The van der Waals surface area contributed by atoms with Crippen LogP contribution in [0.4, 0.5) is 21.5 Å². The molecule has 0 radical (unpaired) electrons. The third-order valence-corrected chi connectivity index (χ3v) is 8.17. The van der Waals surface area contributed by atoms with Gasteiger partial charge >= 0.3 is 0 Å². The first-order valence-corrected chi connectivity index (χ1v) is 14.6. The smallest absolute Gasteiger partial charge is 0.156 e. The van der Waals surface area contributed by atoms with Crippen LogP contribution in [0.5, 0.6) is 0 Å². The molecule has 3 aromatic heterocycles. The van der Waals surface area contributed by atoms with Gasteiger partial charge in [-0.25, -0.2) is 19.0 Å². The van der Waals surface area contributed by atoms with E-state index in [1.54, 1.807) is 24.5 Å². The monoisotopic (exact) mass is 616 g/mol. The number of hydrogen-bond donors (Lipinski definition) is 2. The summed E-state index contributed by atoms with van der Waals surface area (Å²) in [7, 11) is 0. The Bertz CT molecular complexity index is 1800. The van der Waals surface area contributed by atoms with Gasteiger partial charge in [-0.15, -0.1) is 5.10 Å². The van der Waals surface area contributed by atoms with Gasteiger partial charge in [-0.05, 0) is 55.8 Å². The third kappa shape index (κ3) is 6.08. The first kappa shape index (κ1) is 28.7. The Morgan fingerprint density at radius 2 is 1.84 bits per heavy atom. The number of halogens is 3. The number of aromatic nitrogens is 6. The summed E-state index contributed by atoms with van der Waals surface area (Å²) in [4.78, 5) is 15.8. The minimum atomic E-state index is -0.543.